The van der Waals surface area contributed by atoms with Crippen LogP contribution in [0.25, 0.3) is 0 Å². The van der Waals surface area contributed by atoms with Crippen LogP contribution >= 0.6 is 7.82 Å². The number of quaternary nitrogens is 1. The summed E-state index contributed by atoms with van der Waals surface area (Å²) in [7, 11) is 1.24. The molecule has 0 bridgehead atoms. The molecule has 0 heterocycles. The molecule has 0 radical (unpaired) electrons. The molecule has 1 rings (SSSR count). The smallest absolute Gasteiger partial charge is 0.462 e. The van der Waals surface area contributed by atoms with Crippen molar-refractivity contribution in [2.45, 2.75) is 180 Å². The van der Waals surface area contributed by atoms with Crippen LogP contribution in [-0.2, 0) is 37.5 Å². The summed E-state index contributed by atoms with van der Waals surface area (Å²) < 4.78 is 34.1. The number of ketones is 1. The molecule has 0 aliphatic heterocycles. The lowest BCUT2D eigenvalue weighted by molar-refractivity contribution is -0.870. The van der Waals surface area contributed by atoms with Crippen LogP contribution in [-0.4, -0.2) is 114 Å². The number of hydrogen-bond donors (Lipinski definition) is 4. The van der Waals surface area contributed by atoms with Crippen molar-refractivity contribution >= 4 is 25.5 Å². The number of carbonyl (C=O) groups excluding carboxylic acids is 3. The number of likely N-dealkylation sites (N-methyl/N-ethyl adjacent to an activating group) is 1. The van der Waals surface area contributed by atoms with E-state index >= 15 is 0 Å². The number of rotatable bonds is 38. The first-order valence-electron chi connectivity index (χ1n) is 23.5. The van der Waals surface area contributed by atoms with Crippen molar-refractivity contribution in [1.29, 1.82) is 0 Å². The van der Waals surface area contributed by atoms with Crippen LogP contribution < -0.4 is 0 Å². The molecular weight excluding hydrogens is 813 g/mol. The maximum atomic E-state index is 12.9. The van der Waals surface area contributed by atoms with Crippen LogP contribution in [0.4, 0.5) is 0 Å². The molecule has 62 heavy (non-hydrogen) atoms. The number of ether oxygens (including phenoxy) is 2. The molecule has 0 saturated heterocycles. The van der Waals surface area contributed by atoms with Gasteiger partial charge in [0.05, 0.1) is 46.1 Å². The molecule has 0 aromatic carbocycles. The number of unbranched alkanes of at least 4 members (excludes halogenated alkanes) is 10. The number of phosphoric acid groups is 1. The fourth-order valence-electron chi connectivity index (χ4n) is 7.03. The topological polar surface area (TPSA) is 186 Å². The molecule has 13 nitrogen and oxygen atoms in total. The Kier molecular flexibility index (Phi) is 32.4. The zero-order chi connectivity index (χ0) is 46.1. The Bertz CT molecular complexity index is 1380. The van der Waals surface area contributed by atoms with E-state index in [1.54, 1.807) is 12.2 Å². The van der Waals surface area contributed by atoms with Crippen LogP contribution in [0.15, 0.2) is 48.6 Å². The third kappa shape index (κ3) is 31.4. The Labute approximate surface area is 374 Å². The molecule has 0 aromatic rings. The molecule has 1 fully saturated rings. The fourth-order valence-corrected chi connectivity index (χ4v) is 7.77. The SMILES string of the molecule is CCCCCCCC/C=C\C/C=C\C/C=C\CCCC(=O)O[C@H](COC(=O)CCCCC(=O)C[C@@H]1[C@@H](/C=C/[C@@H](O)CCCCC)[C@H](O)C[C@@H]1O)COP(=O)(O)OCC[N+](C)(C)C. The van der Waals surface area contributed by atoms with Gasteiger partial charge in [0.2, 0.25) is 0 Å². The number of aliphatic hydroxyl groups excluding tert-OH is 3. The van der Waals surface area contributed by atoms with Crippen molar-refractivity contribution in [3.8, 4) is 0 Å². The molecule has 1 aliphatic rings. The summed E-state index contributed by atoms with van der Waals surface area (Å²) >= 11 is 0. The van der Waals surface area contributed by atoms with Crippen LogP contribution in [0.3, 0.4) is 0 Å². The molecule has 1 unspecified atom stereocenters. The molecule has 7 atom stereocenters. The normalized spacial score (nSPS) is 20.4. The summed E-state index contributed by atoms with van der Waals surface area (Å²) in [6, 6.07) is 0. The number of hydrogen-bond acceptors (Lipinski definition) is 11. The minimum atomic E-state index is -4.48. The van der Waals surface area contributed by atoms with Crippen LogP contribution in [0.5, 0.6) is 0 Å². The summed E-state index contributed by atoms with van der Waals surface area (Å²) in [6.45, 7) is 3.81. The quantitative estimate of drug-likeness (QED) is 0.0152. The van der Waals surface area contributed by atoms with Crippen LogP contribution in [0, 0.1) is 11.8 Å². The van der Waals surface area contributed by atoms with Gasteiger partial charge >= 0.3 is 19.8 Å². The van der Waals surface area contributed by atoms with E-state index in [0.29, 0.717) is 43.1 Å². The zero-order valence-corrected chi connectivity index (χ0v) is 39.8. The van der Waals surface area contributed by atoms with Crippen molar-refractivity contribution < 1.29 is 62.2 Å². The Morgan fingerprint density at radius 2 is 1.32 bits per heavy atom. The largest absolute Gasteiger partial charge is 0.472 e. The molecule has 0 amide bonds. The molecular formula is C48H85NO12P+. The fraction of sp³-hybridized carbons (Fsp3) is 0.771. The van der Waals surface area contributed by atoms with Gasteiger partial charge < -0.3 is 34.2 Å². The Morgan fingerprint density at radius 1 is 0.726 bits per heavy atom. The minimum absolute atomic E-state index is 0.00894. The number of allylic oxidation sites excluding steroid dienone is 6. The molecule has 0 aromatic heterocycles. The van der Waals surface area contributed by atoms with Crippen LogP contribution in [0.2, 0.25) is 0 Å². The number of carbonyl (C=O) groups is 3. The monoisotopic (exact) mass is 899 g/mol. The van der Waals surface area contributed by atoms with Gasteiger partial charge in [-0.15, -0.1) is 0 Å². The second-order valence-corrected chi connectivity index (χ2v) is 19.2. The van der Waals surface area contributed by atoms with E-state index in [9.17, 15) is 39.2 Å². The van der Waals surface area contributed by atoms with E-state index in [2.05, 4.69) is 38.2 Å². The predicted molar refractivity (Wildman–Crippen MR) is 245 cm³/mol. The summed E-state index contributed by atoms with van der Waals surface area (Å²) in [4.78, 5) is 48.5. The van der Waals surface area contributed by atoms with Crippen LogP contribution in [0.1, 0.15) is 155 Å². The average Bonchev–Trinajstić information content (AvgIpc) is 3.47. The highest BCUT2D eigenvalue weighted by atomic mass is 31.2. The first kappa shape index (κ1) is 57.5. The number of phosphoric ester groups is 1. The van der Waals surface area contributed by atoms with E-state index < -0.39 is 69.2 Å². The zero-order valence-electron chi connectivity index (χ0n) is 38.9. The number of aliphatic hydroxyl groups is 3. The Morgan fingerprint density at radius 3 is 2.00 bits per heavy atom. The van der Waals surface area contributed by atoms with E-state index in [-0.39, 0.29) is 44.5 Å². The van der Waals surface area contributed by atoms with Crippen molar-refractivity contribution in [1.82, 2.24) is 0 Å². The van der Waals surface area contributed by atoms with Crippen molar-refractivity contribution in [2.75, 3.05) is 47.5 Å². The maximum absolute atomic E-state index is 12.9. The summed E-state index contributed by atoms with van der Waals surface area (Å²) in [5.41, 5.74) is 0. The predicted octanol–water partition coefficient (Wildman–Crippen LogP) is 9.03. The van der Waals surface area contributed by atoms with Crippen molar-refractivity contribution in [3.63, 3.8) is 0 Å². The number of esters is 2. The first-order valence-corrected chi connectivity index (χ1v) is 25.0. The third-order valence-electron chi connectivity index (χ3n) is 10.8. The van der Waals surface area contributed by atoms with Gasteiger partial charge in [-0.3, -0.25) is 23.4 Å². The van der Waals surface area contributed by atoms with Gasteiger partial charge in [-0.25, -0.2) is 4.57 Å². The van der Waals surface area contributed by atoms with E-state index in [1.807, 2.05) is 33.3 Å². The van der Waals surface area contributed by atoms with Gasteiger partial charge in [-0.2, -0.15) is 0 Å². The lowest BCUT2D eigenvalue weighted by atomic mass is 9.87. The highest BCUT2D eigenvalue weighted by molar-refractivity contribution is 7.47. The lowest BCUT2D eigenvalue weighted by Crippen LogP contribution is -2.37. The summed E-state index contributed by atoms with van der Waals surface area (Å²) in [6.07, 6.45) is 29.5. The Hall–Kier alpha value is -2.48. The van der Waals surface area contributed by atoms with Gasteiger partial charge in [-0.05, 0) is 57.8 Å². The molecule has 358 valence electrons. The maximum Gasteiger partial charge on any atom is 0.472 e. The van der Waals surface area contributed by atoms with E-state index in [1.165, 1.54) is 38.5 Å². The molecule has 0 spiro atoms. The minimum Gasteiger partial charge on any atom is -0.462 e. The van der Waals surface area contributed by atoms with Gasteiger partial charge in [0.1, 0.15) is 25.5 Å². The average molecular weight is 899 g/mol. The lowest BCUT2D eigenvalue weighted by Gasteiger charge is -2.24. The molecule has 14 heteroatoms. The second kappa shape index (κ2) is 34.9. The van der Waals surface area contributed by atoms with E-state index in [4.69, 9.17) is 18.5 Å². The second-order valence-electron chi connectivity index (χ2n) is 17.8. The number of nitrogens with zero attached hydrogens (tertiary/aromatic N) is 1. The standard InChI is InChI=1S/C48H84NO12P/c1-6-8-10-11-12-13-14-15-16-17-18-19-20-21-22-23-25-31-48(55)61-42(39-60-62(56,57)59-35-34-49(3,4)5)38-58-47(54)30-27-26-29-41(51)36-44-43(45(52)37-46(44)53)33-32-40(50)28-24-9-7-2/h15-16,18-19,21-22,32-33,40,42-46,50,52-53H,6-14,17,20,23-31,34-39H2,1-5H3/p+1/b16-15-,19-18-,22-21-,33-32+/t40-,42+,43+,44+,45+,46-/m0/s1. The highest BCUT2D eigenvalue weighted by Gasteiger charge is 2.41. The highest BCUT2D eigenvalue weighted by Crippen LogP contribution is 2.43. The number of Topliss-reactive ketones (excluding diaryl/α,β-unsaturated/α-hetero) is 1. The molecule has 1 aliphatic carbocycles. The van der Waals surface area contributed by atoms with Gasteiger partial charge in [0.15, 0.2) is 6.10 Å². The van der Waals surface area contributed by atoms with E-state index in [0.717, 1.165) is 38.5 Å². The van der Waals surface area contributed by atoms with Gasteiger partial charge in [0.25, 0.3) is 0 Å². The first-order chi connectivity index (χ1) is 29.6. The Balaban J connectivity index is 2.54. The van der Waals surface area contributed by atoms with Gasteiger partial charge in [0, 0.05) is 43.9 Å². The van der Waals surface area contributed by atoms with Crippen molar-refractivity contribution in [3.05, 3.63) is 48.6 Å². The van der Waals surface area contributed by atoms with Crippen molar-refractivity contribution in [2.24, 2.45) is 11.8 Å². The third-order valence-corrected chi connectivity index (χ3v) is 11.8. The van der Waals surface area contributed by atoms with Gasteiger partial charge in [-0.1, -0.05) is 114 Å². The molecule has 1 saturated carbocycles. The summed E-state index contributed by atoms with van der Waals surface area (Å²) in [5.74, 6) is -2.14. The summed E-state index contributed by atoms with van der Waals surface area (Å²) in [5, 5.41) is 31.4. The molecule has 4 N–H and O–H groups in total.